The van der Waals surface area contributed by atoms with Gasteiger partial charge in [0.15, 0.2) is 6.61 Å². The van der Waals surface area contributed by atoms with Crippen molar-refractivity contribution in [2.45, 2.75) is 59.4 Å². The maximum absolute atomic E-state index is 12.7. The van der Waals surface area contributed by atoms with Gasteiger partial charge >= 0.3 is 11.9 Å². The van der Waals surface area contributed by atoms with Crippen molar-refractivity contribution in [3.8, 4) is 0 Å². The normalized spacial score (nSPS) is 17.2. The van der Waals surface area contributed by atoms with Gasteiger partial charge < -0.3 is 14.8 Å². The Labute approximate surface area is 219 Å². The third-order valence-electron chi connectivity index (χ3n) is 6.76. The Bertz CT molecular complexity index is 1280. The van der Waals surface area contributed by atoms with Crippen LogP contribution in [-0.4, -0.2) is 53.8 Å². The Morgan fingerprint density at radius 3 is 2.54 bits per heavy atom. The quantitative estimate of drug-likeness (QED) is 0.404. The van der Waals surface area contributed by atoms with Crippen LogP contribution in [0.5, 0.6) is 0 Å². The Kier molecular flexibility index (Phi) is 7.77. The van der Waals surface area contributed by atoms with E-state index >= 15 is 0 Å². The van der Waals surface area contributed by atoms with E-state index in [0.717, 1.165) is 29.7 Å². The van der Waals surface area contributed by atoms with Crippen LogP contribution in [0.15, 0.2) is 18.2 Å². The standard InChI is InChI=1S/C27H30N2O7S/c1-5-15(4)29-24(31)17-10-8-16(12-19(17)25(29)32)26(33)36-13-21(30)28-23-22(27(34)35-6-2)18-9-7-14(3)11-20(18)37-23/h8,10,12,14-15H,5-7,9,11,13H2,1-4H3,(H,28,30). The Hall–Kier alpha value is -3.53. The highest BCUT2D eigenvalue weighted by Crippen LogP contribution is 2.40. The zero-order valence-electron chi connectivity index (χ0n) is 21.3. The SMILES string of the molecule is CCOC(=O)c1c(NC(=O)COC(=O)c2ccc3c(c2)C(=O)N(C(C)CC)C3=O)sc2c1CCC(C)C2. The molecule has 2 atom stereocenters. The molecule has 1 aliphatic carbocycles. The number of rotatable bonds is 8. The predicted molar refractivity (Wildman–Crippen MR) is 137 cm³/mol. The first-order chi connectivity index (χ1) is 17.7. The smallest absolute Gasteiger partial charge is 0.341 e. The number of benzene rings is 1. The van der Waals surface area contributed by atoms with E-state index in [4.69, 9.17) is 9.47 Å². The Morgan fingerprint density at radius 1 is 1.11 bits per heavy atom. The second-order valence-corrected chi connectivity index (χ2v) is 10.5. The molecule has 2 heterocycles. The summed E-state index contributed by atoms with van der Waals surface area (Å²) in [7, 11) is 0. The van der Waals surface area contributed by atoms with Crippen LogP contribution in [0.1, 0.15) is 92.4 Å². The van der Waals surface area contributed by atoms with E-state index in [1.54, 1.807) is 13.8 Å². The number of carbonyl (C=O) groups excluding carboxylic acids is 5. The van der Waals surface area contributed by atoms with Gasteiger partial charge in [0.05, 0.1) is 28.9 Å². The van der Waals surface area contributed by atoms with E-state index in [-0.39, 0.29) is 35.2 Å². The number of hydrogen-bond donors (Lipinski definition) is 1. The molecule has 10 heteroatoms. The van der Waals surface area contributed by atoms with Crippen molar-refractivity contribution >= 4 is 46.0 Å². The van der Waals surface area contributed by atoms with Gasteiger partial charge in [0, 0.05) is 10.9 Å². The molecule has 1 aliphatic heterocycles. The molecule has 0 saturated heterocycles. The number of imide groups is 1. The van der Waals surface area contributed by atoms with Crippen molar-refractivity contribution in [3.05, 3.63) is 50.9 Å². The van der Waals surface area contributed by atoms with Gasteiger partial charge in [-0.2, -0.15) is 0 Å². The average molecular weight is 527 g/mol. The lowest BCUT2D eigenvalue weighted by Gasteiger charge is -2.20. The number of nitrogens with zero attached hydrogens (tertiary/aromatic N) is 1. The minimum absolute atomic E-state index is 0.0616. The van der Waals surface area contributed by atoms with E-state index in [2.05, 4.69) is 12.2 Å². The monoisotopic (exact) mass is 526 g/mol. The molecule has 9 nitrogen and oxygen atoms in total. The van der Waals surface area contributed by atoms with Gasteiger partial charge in [-0.15, -0.1) is 11.3 Å². The lowest BCUT2D eigenvalue weighted by Crippen LogP contribution is -2.37. The highest BCUT2D eigenvalue weighted by Gasteiger charge is 2.38. The summed E-state index contributed by atoms with van der Waals surface area (Å²) in [5.41, 5.74) is 1.73. The van der Waals surface area contributed by atoms with Crippen molar-refractivity contribution in [2.24, 2.45) is 5.92 Å². The van der Waals surface area contributed by atoms with E-state index < -0.39 is 30.4 Å². The summed E-state index contributed by atoms with van der Waals surface area (Å²) in [6.07, 6.45) is 3.12. The predicted octanol–water partition coefficient (Wildman–Crippen LogP) is 4.24. The summed E-state index contributed by atoms with van der Waals surface area (Å²) < 4.78 is 10.4. The molecule has 4 rings (SSSR count). The fraction of sp³-hybridized carbons (Fsp3) is 0.444. The number of ether oxygens (including phenoxy) is 2. The van der Waals surface area contributed by atoms with E-state index in [1.165, 1.54) is 34.4 Å². The maximum Gasteiger partial charge on any atom is 0.341 e. The maximum atomic E-state index is 12.7. The number of esters is 2. The van der Waals surface area contributed by atoms with Crippen LogP contribution in [0.25, 0.3) is 0 Å². The molecule has 196 valence electrons. The summed E-state index contributed by atoms with van der Waals surface area (Å²) in [5.74, 6) is -2.24. The molecule has 0 radical (unpaired) electrons. The van der Waals surface area contributed by atoms with Crippen LogP contribution in [0.4, 0.5) is 5.00 Å². The highest BCUT2D eigenvalue weighted by atomic mass is 32.1. The molecule has 0 saturated carbocycles. The molecule has 1 aromatic carbocycles. The van der Waals surface area contributed by atoms with Gasteiger partial charge in [-0.3, -0.25) is 19.3 Å². The molecule has 37 heavy (non-hydrogen) atoms. The molecule has 3 amide bonds. The minimum atomic E-state index is -0.801. The summed E-state index contributed by atoms with van der Waals surface area (Å²) in [6, 6.07) is 3.89. The summed E-state index contributed by atoms with van der Waals surface area (Å²) in [5, 5.41) is 3.10. The van der Waals surface area contributed by atoms with Gasteiger partial charge in [-0.1, -0.05) is 13.8 Å². The van der Waals surface area contributed by atoms with Gasteiger partial charge in [-0.05, 0) is 69.2 Å². The van der Waals surface area contributed by atoms with Crippen molar-refractivity contribution < 1.29 is 33.4 Å². The largest absolute Gasteiger partial charge is 0.462 e. The van der Waals surface area contributed by atoms with Crippen molar-refractivity contribution in [2.75, 3.05) is 18.5 Å². The molecule has 1 N–H and O–H groups in total. The highest BCUT2D eigenvalue weighted by molar-refractivity contribution is 7.17. The van der Waals surface area contributed by atoms with Crippen LogP contribution in [0.2, 0.25) is 0 Å². The summed E-state index contributed by atoms with van der Waals surface area (Å²) in [6.45, 7) is 7.17. The van der Waals surface area contributed by atoms with Crippen LogP contribution in [0, 0.1) is 5.92 Å². The van der Waals surface area contributed by atoms with E-state index in [0.29, 0.717) is 22.9 Å². The average Bonchev–Trinajstić information content (AvgIpc) is 3.35. The first kappa shape index (κ1) is 26.5. The van der Waals surface area contributed by atoms with Gasteiger partial charge in [0.25, 0.3) is 17.7 Å². The van der Waals surface area contributed by atoms with E-state index in [1.807, 2.05) is 6.92 Å². The summed E-state index contributed by atoms with van der Waals surface area (Å²) >= 11 is 1.35. The molecular formula is C27H30N2O7S. The number of anilines is 1. The summed E-state index contributed by atoms with van der Waals surface area (Å²) in [4.78, 5) is 65.5. The third kappa shape index (κ3) is 5.16. The molecule has 1 aromatic heterocycles. The zero-order chi connectivity index (χ0) is 26.9. The minimum Gasteiger partial charge on any atom is -0.462 e. The number of hydrogen-bond acceptors (Lipinski definition) is 8. The van der Waals surface area contributed by atoms with Crippen LogP contribution < -0.4 is 5.32 Å². The first-order valence-electron chi connectivity index (χ1n) is 12.5. The van der Waals surface area contributed by atoms with Gasteiger partial charge in [0.2, 0.25) is 0 Å². The molecule has 2 aromatic rings. The van der Waals surface area contributed by atoms with Crippen LogP contribution in [0.3, 0.4) is 0 Å². The molecule has 2 aliphatic rings. The molecule has 0 spiro atoms. The lowest BCUT2D eigenvalue weighted by molar-refractivity contribution is -0.119. The third-order valence-corrected chi connectivity index (χ3v) is 7.93. The van der Waals surface area contributed by atoms with Crippen molar-refractivity contribution in [3.63, 3.8) is 0 Å². The molecule has 0 fully saturated rings. The van der Waals surface area contributed by atoms with Crippen molar-refractivity contribution in [1.29, 1.82) is 0 Å². The number of carbonyl (C=O) groups is 5. The fourth-order valence-corrected chi connectivity index (χ4v) is 6.02. The van der Waals surface area contributed by atoms with Crippen LogP contribution in [-0.2, 0) is 27.1 Å². The molecule has 0 bridgehead atoms. The van der Waals surface area contributed by atoms with Crippen LogP contribution >= 0.6 is 11.3 Å². The molecular weight excluding hydrogens is 496 g/mol. The van der Waals surface area contributed by atoms with Crippen molar-refractivity contribution in [1.82, 2.24) is 4.90 Å². The Morgan fingerprint density at radius 2 is 1.84 bits per heavy atom. The number of amides is 3. The van der Waals surface area contributed by atoms with E-state index in [9.17, 15) is 24.0 Å². The Balaban J connectivity index is 1.44. The number of thiophene rings is 1. The molecule has 2 unspecified atom stereocenters. The second kappa shape index (κ2) is 10.8. The van der Waals surface area contributed by atoms with Gasteiger partial charge in [0.1, 0.15) is 5.00 Å². The number of fused-ring (bicyclic) bond motifs is 2. The fourth-order valence-electron chi connectivity index (χ4n) is 4.60. The second-order valence-electron chi connectivity index (χ2n) is 9.40. The van der Waals surface area contributed by atoms with Gasteiger partial charge in [-0.25, -0.2) is 9.59 Å². The number of nitrogens with one attached hydrogen (secondary N) is 1. The zero-order valence-corrected chi connectivity index (χ0v) is 22.2. The lowest BCUT2D eigenvalue weighted by atomic mass is 9.88. The first-order valence-corrected chi connectivity index (χ1v) is 13.3. The topological polar surface area (TPSA) is 119 Å².